The van der Waals surface area contributed by atoms with E-state index in [4.69, 9.17) is 4.74 Å². The molecule has 8 nitrogen and oxygen atoms in total. The van der Waals surface area contributed by atoms with Crippen LogP contribution in [-0.2, 0) is 14.3 Å². The van der Waals surface area contributed by atoms with E-state index in [1.807, 2.05) is 22.6 Å². The Kier molecular flexibility index (Phi) is 5.68. The molecule has 1 aliphatic heterocycles. The summed E-state index contributed by atoms with van der Waals surface area (Å²) in [7, 11) is 0. The Morgan fingerprint density at radius 2 is 1.96 bits per heavy atom. The summed E-state index contributed by atoms with van der Waals surface area (Å²) in [6, 6.07) is 6.15. The lowest BCUT2D eigenvalue weighted by molar-refractivity contribution is -0.141. The summed E-state index contributed by atoms with van der Waals surface area (Å²) in [5.74, 6) is -1.36. The largest absolute Gasteiger partial charge is 0.452 e. The molecule has 1 aromatic rings. The zero-order chi connectivity index (χ0) is 19.6. The number of carbonyl (C=O) groups excluding carboxylic acids is 4. The van der Waals surface area contributed by atoms with Gasteiger partial charge in [0.05, 0.1) is 5.56 Å². The van der Waals surface area contributed by atoms with Crippen LogP contribution in [0.1, 0.15) is 43.0 Å². The molecule has 1 aliphatic carbocycles. The quantitative estimate of drug-likeness (QED) is 0.386. The van der Waals surface area contributed by atoms with Crippen LogP contribution in [0.2, 0.25) is 0 Å². The highest BCUT2D eigenvalue weighted by molar-refractivity contribution is 14.1. The smallest absolute Gasteiger partial charge is 0.344 e. The second-order valence-corrected chi connectivity index (χ2v) is 8.09. The predicted molar refractivity (Wildman–Crippen MR) is 103 cm³/mol. The minimum absolute atomic E-state index is 0.344. The van der Waals surface area contributed by atoms with E-state index in [1.54, 1.807) is 24.3 Å². The number of hydrogen-bond donors (Lipinski definition) is 2. The number of amides is 4. The zero-order valence-electron chi connectivity index (χ0n) is 14.8. The molecule has 1 aromatic carbocycles. The van der Waals surface area contributed by atoms with Crippen molar-refractivity contribution in [1.29, 1.82) is 0 Å². The standard InChI is InChI=1S/C18H20IN3O5/c1-11-6-8-18(9-7-11)16(25)22(17(26)20-18)21-14(23)10-27-15(24)12-4-2-3-5-13(12)19/h2-5,11H,6-10H2,1H3,(H,20,26)(H,21,23). The second-order valence-electron chi connectivity index (χ2n) is 6.93. The number of hydrazine groups is 1. The first-order chi connectivity index (χ1) is 12.8. The fourth-order valence-electron chi connectivity index (χ4n) is 3.31. The molecule has 0 bridgehead atoms. The molecule has 4 amide bonds. The van der Waals surface area contributed by atoms with E-state index in [9.17, 15) is 19.2 Å². The van der Waals surface area contributed by atoms with Crippen molar-refractivity contribution in [3.8, 4) is 0 Å². The summed E-state index contributed by atoms with van der Waals surface area (Å²) in [5, 5.41) is 3.40. The first-order valence-electron chi connectivity index (χ1n) is 8.70. The van der Waals surface area contributed by atoms with Crippen LogP contribution in [0.15, 0.2) is 24.3 Å². The Bertz CT molecular complexity index is 789. The van der Waals surface area contributed by atoms with Gasteiger partial charge in [-0.3, -0.25) is 15.0 Å². The lowest BCUT2D eigenvalue weighted by Gasteiger charge is -2.33. The normalized spacial score (nSPS) is 24.7. The van der Waals surface area contributed by atoms with Gasteiger partial charge in [0.2, 0.25) is 0 Å². The maximum Gasteiger partial charge on any atom is 0.344 e. The maximum absolute atomic E-state index is 12.7. The summed E-state index contributed by atoms with van der Waals surface area (Å²) in [5.41, 5.74) is 1.64. The van der Waals surface area contributed by atoms with E-state index < -0.39 is 36.0 Å². The van der Waals surface area contributed by atoms with Crippen LogP contribution >= 0.6 is 22.6 Å². The molecule has 1 saturated carbocycles. The third-order valence-corrected chi connectivity index (χ3v) is 5.89. The van der Waals surface area contributed by atoms with E-state index in [0.717, 1.165) is 12.8 Å². The number of rotatable bonds is 4. The number of esters is 1. The number of carbonyl (C=O) groups is 4. The fourth-order valence-corrected chi connectivity index (χ4v) is 3.92. The molecule has 0 radical (unpaired) electrons. The summed E-state index contributed by atoms with van der Waals surface area (Å²) in [6.07, 6.45) is 2.77. The first kappa shape index (κ1) is 19.6. The molecule has 2 aliphatic rings. The molecule has 0 aromatic heterocycles. The lowest BCUT2D eigenvalue weighted by Crippen LogP contribution is -2.52. The Hall–Kier alpha value is -2.17. The SMILES string of the molecule is CC1CCC2(CC1)NC(=O)N(NC(=O)COC(=O)c1ccccc1I)C2=O. The van der Waals surface area contributed by atoms with Crippen molar-refractivity contribution in [3.05, 3.63) is 33.4 Å². The molecule has 0 atom stereocenters. The van der Waals surface area contributed by atoms with E-state index in [-0.39, 0.29) is 0 Å². The predicted octanol–water partition coefficient (Wildman–Crippen LogP) is 1.98. The maximum atomic E-state index is 12.7. The molecule has 0 unspecified atom stereocenters. The molecule has 27 heavy (non-hydrogen) atoms. The third-order valence-electron chi connectivity index (χ3n) is 4.95. The molecule has 2 fully saturated rings. The van der Waals surface area contributed by atoms with Crippen LogP contribution in [0, 0.1) is 9.49 Å². The molecule has 2 N–H and O–H groups in total. The number of hydrogen-bond acceptors (Lipinski definition) is 5. The third kappa shape index (κ3) is 4.07. The van der Waals surface area contributed by atoms with Gasteiger partial charge in [0.1, 0.15) is 5.54 Å². The van der Waals surface area contributed by atoms with Crippen LogP contribution in [0.5, 0.6) is 0 Å². The molecule has 1 saturated heterocycles. The van der Waals surface area contributed by atoms with Gasteiger partial charge in [0.15, 0.2) is 6.61 Å². The van der Waals surface area contributed by atoms with Crippen molar-refractivity contribution >= 4 is 46.4 Å². The summed E-state index contributed by atoms with van der Waals surface area (Å²) < 4.78 is 5.67. The van der Waals surface area contributed by atoms with E-state index in [0.29, 0.717) is 32.9 Å². The van der Waals surface area contributed by atoms with Crippen molar-refractivity contribution in [2.75, 3.05) is 6.61 Å². The number of imide groups is 1. The van der Waals surface area contributed by atoms with Crippen LogP contribution < -0.4 is 10.7 Å². The van der Waals surface area contributed by atoms with Crippen molar-refractivity contribution in [2.45, 2.75) is 38.1 Å². The minimum Gasteiger partial charge on any atom is -0.452 e. The first-order valence-corrected chi connectivity index (χ1v) is 9.78. The van der Waals surface area contributed by atoms with Crippen molar-refractivity contribution < 1.29 is 23.9 Å². The average Bonchev–Trinajstić information content (AvgIpc) is 2.87. The topological polar surface area (TPSA) is 105 Å². The highest BCUT2D eigenvalue weighted by Crippen LogP contribution is 2.35. The van der Waals surface area contributed by atoms with Crippen molar-refractivity contribution in [1.82, 2.24) is 15.8 Å². The fraction of sp³-hybridized carbons (Fsp3) is 0.444. The van der Waals surface area contributed by atoms with E-state index >= 15 is 0 Å². The lowest BCUT2D eigenvalue weighted by atomic mass is 9.77. The van der Waals surface area contributed by atoms with Gasteiger partial charge >= 0.3 is 12.0 Å². The molecule has 1 heterocycles. The Morgan fingerprint density at radius 1 is 1.30 bits per heavy atom. The van der Waals surface area contributed by atoms with Crippen molar-refractivity contribution in [2.24, 2.45) is 5.92 Å². The number of nitrogens with zero attached hydrogens (tertiary/aromatic N) is 1. The summed E-state index contributed by atoms with van der Waals surface area (Å²) in [4.78, 5) is 48.9. The van der Waals surface area contributed by atoms with Gasteiger partial charge in [0, 0.05) is 3.57 Å². The second kappa shape index (κ2) is 7.83. The minimum atomic E-state index is -0.937. The average molecular weight is 485 g/mol. The van der Waals surface area contributed by atoms with Gasteiger partial charge in [-0.25, -0.2) is 9.59 Å². The van der Waals surface area contributed by atoms with Gasteiger partial charge in [-0.1, -0.05) is 19.1 Å². The molecule has 9 heteroatoms. The highest BCUT2D eigenvalue weighted by Gasteiger charge is 2.52. The number of ether oxygens (including phenoxy) is 1. The van der Waals surface area contributed by atoms with Crippen LogP contribution in [-0.4, -0.2) is 41.0 Å². The summed E-state index contributed by atoms with van der Waals surface area (Å²) in [6.45, 7) is 1.51. The number of benzene rings is 1. The number of urea groups is 1. The highest BCUT2D eigenvalue weighted by atomic mass is 127. The van der Waals surface area contributed by atoms with Gasteiger partial charge in [0.25, 0.3) is 11.8 Å². The zero-order valence-corrected chi connectivity index (χ0v) is 16.9. The van der Waals surface area contributed by atoms with Gasteiger partial charge < -0.3 is 10.1 Å². The molecule has 3 rings (SSSR count). The monoisotopic (exact) mass is 485 g/mol. The molecule has 144 valence electrons. The van der Waals surface area contributed by atoms with Gasteiger partial charge in [-0.05, 0) is 66.3 Å². The van der Waals surface area contributed by atoms with Crippen LogP contribution in [0.25, 0.3) is 0 Å². The number of halogens is 1. The molecule has 1 spiro atoms. The Labute approximate surface area is 170 Å². The van der Waals surface area contributed by atoms with Gasteiger partial charge in [-0.15, -0.1) is 0 Å². The van der Waals surface area contributed by atoms with E-state index in [2.05, 4.69) is 17.7 Å². The van der Waals surface area contributed by atoms with Crippen LogP contribution in [0.4, 0.5) is 4.79 Å². The Morgan fingerprint density at radius 3 is 2.63 bits per heavy atom. The molecular formula is C18H20IN3O5. The number of nitrogens with one attached hydrogen (secondary N) is 2. The van der Waals surface area contributed by atoms with Gasteiger partial charge in [-0.2, -0.15) is 5.01 Å². The molecular weight excluding hydrogens is 465 g/mol. The van der Waals surface area contributed by atoms with Crippen LogP contribution in [0.3, 0.4) is 0 Å². The summed E-state index contributed by atoms with van der Waals surface area (Å²) >= 11 is 1.99. The van der Waals surface area contributed by atoms with E-state index in [1.165, 1.54) is 0 Å². The Balaban J connectivity index is 1.56. The van der Waals surface area contributed by atoms with Crippen molar-refractivity contribution in [3.63, 3.8) is 0 Å².